The van der Waals surface area contributed by atoms with E-state index in [0.717, 1.165) is 33.4 Å². The lowest BCUT2D eigenvalue weighted by Crippen LogP contribution is -2.34. The fraction of sp³-hybridized carbons (Fsp3) is 0.438. The van der Waals surface area contributed by atoms with E-state index < -0.39 is 23.0 Å². The van der Waals surface area contributed by atoms with Crippen LogP contribution >= 0.6 is 0 Å². The van der Waals surface area contributed by atoms with Gasteiger partial charge in [-0.15, -0.1) is 0 Å². The predicted octanol–water partition coefficient (Wildman–Crippen LogP) is 4.42. The van der Waals surface area contributed by atoms with E-state index in [4.69, 9.17) is 0 Å². The van der Waals surface area contributed by atoms with E-state index in [0.29, 0.717) is 25.7 Å². The second kappa shape index (κ2) is 12.2. The number of aliphatic hydroxyl groups excluding tert-OH is 4. The van der Waals surface area contributed by atoms with Gasteiger partial charge in [-0.05, 0) is 53.1 Å². The molecule has 0 fully saturated rings. The summed E-state index contributed by atoms with van der Waals surface area (Å²) in [5.41, 5.74) is 4.68. The first-order chi connectivity index (χ1) is 17.5. The van der Waals surface area contributed by atoms with Gasteiger partial charge in [-0.1, -0.05) is 88.4 Å². The summed E-state index contributed by atoms with van der Waals surface area (Å²) in [7, 11) is 0. The summed E-state index contributed by atoms with van der Waals surface area (Å²) >= 11 is 0. The Kier molecular flexibility index (Phi) is 9.54. The molecule has 0 amide bonds. The summed E-state index contributed by atoms with van der Waals surface area (Å²) in [5, 5.41) is 51.7. The van der Waals surface area contributed by atoms with E-state index in [1.807, 2.05) is 88.4 Å². The highest BCUT2D eigenvalue weighted by Gasteiger charge is 2.29. The molecule has 0 spiro atoms. The summed E-state index contributed by atoms with van der Waals surface area (Å²) in [5.74, 6) is 0.225. The lowest BCUT2D eigenvalue weighted by atomic mass is 9.82. The summed E-state index contributed by atoms with van der Waals surface area (Å²) in [6.07, 6.45) is 0.543. The van der Waals surface area contributed by atoms with Crippen LogP contribution in [0.25, 0.3) is 0 Å². The highest BCUT2D eigenvalue weighted by molar-refractivity contribution is 5.47. The SMILES string of the molecule is CC(C)(CO)C(O)Cc1ccccc1Cc1cccc(O)c1Cc1ccccc1CC(O)C(C)(C)CO. The molecule has 0 heterocycles. The molecule has 37 heavy (non-hydrogen) atoms. The average molecular weight is 507 g/mol. The second-order valence-corrected chi connectivity index (χ2v) is 11.5. The van der Waals surface area contributed by atoms with Crippen molar-refractivity contribution in [2.24, 2.45) is 10.8 Å². The van der Waals surface area contributed by atoms with E-state index in [1.165, 1.54) is 0 Å². The van der Waals surface area contributed by atoms with Crippen LogP contribution in [0.5, 0.6) is 5.75 Å². The Labute approximate surface area is 221 Å². The molecule has 5 nitrogen and oxygen atoms in total. The van der Waals surface area contributed by atoms with Gasteiger partial charge < -0.3 is 25.5 Å². The maximum absolute atomic E-state index is 10.9. The monoisotopic (exact) mass is 506 g/mol. The van der Waals surface area contributed by atoms with Crippen LogP contribution in [-0.4, -0.2) is 51.0 Å². The summed E-state index contributed by atoms with van der Waals surface area (Å²) in [6.45, 7) is 7.18. The molecule has 5 heteroatoms. The molecule has 0 aliphatic carbocycles. The van der Waals surface area contributed by atoms with Gasteiger partial charge in [0.25, 0.3) is 0 Å². The molecule has 3 aromatic rings. The van der Waals surface area contributed by atoms with E-state index in [-0.39, 0.29) is 19.0 Å². The third-order valence-corrected chi connectivity index (χ3v) is 7.68. The fourth-order valence-corrected chi connectivity index (χ4v) is 4.42. The molecule has 0 aliphatic rings. The molecule has 5 N–H and O–H groups in total. The van der Waals surface area contributed by atoms with Crippen LogP contribution < -0.4 is 0 Å². The molecule has 0 bridgehead atoms. The lowest BCUT2D eigenvalue weighted by molar-refractivity contribution is 0.00818. The highest BCUT2D eigenvalue weighted by Crippen LogP contribution is 2.31. The number of benzene rings is 3. The predicted molar refractivity (Wildman–Crippen MR) is 148 cm³/mol. The van der Waals surface area contributed by atoms with Crippen molar-refractivity contribution in [1.29, 1.82) is 0 Å². The summed E-state index contributed by atoms with van der Waals surface area (Å²) < 4.78 is 0. The molecular formula is C32H42O5. The lowest BCUT2D eigenvalue weighted by Gasteiger charge is -2.29. The Bertz CT molecular complexity index is 1170. The Morgan fingerprint density at radius 3 is 1.43 bits per heavy atom. The van der Waals surface area contributed by atoms with Crippen molar-refractivity contribution in [3.8, 4) is 5.75 Å². The fourth-order valence-electron chi connectivity index (χ4n) is 4.42. The standard InChI is InChI=1S/C32H42O5/c1-31(2,20-33)29(36)18-24-12-7-5-10-22(24)16-26-14-9-15-28(35)27(26)17-23-11-6-8-13-25(23)19-30(37)32(3,4)21-34/h5-15,29-30,33-37H,16-21H2,1-4H3. The van der Waals surface area contributed by atoms with Crippen molar-refractivity contribution in [3.05, 3.63) is 100 Å². The molecule has 3 aromatic carbocycles. The Morgan fingerprint density at radius 1 is 0.568 bits per heavy atom. The molecule has 2 unspecified atom stereocenters. The molecule has 200 valence electrons. The van der Waals surface area contributed by atoms with Gasteiger partial charge in [-0.3, -0.25) is 0 Å². The molecular weight excluding hydrogens is 464 g/mol. The van der Waals surface area contributed by atoms with Crippen LogP contribution in [0, 0.1) is 10.8 Å². The number of hydrogen-bond acceptors (Lipinski definition) is 5. The van der Waals surface area contributed by atoms with Crippen LogP contribution in [0.3, 0.4) is 0 Å². The largest absolute Gasteiger partial charge is 0.508 e. The van der Waals surface area contributed by atoms with Gasteiger partial charge in [0.1, 0.15) is 5.75 Å². The van der Waals surface area contributed by atoms with Crippen molar-refractivity contribution in [2.45, 2.75) is 65.6 Å². The zero-order valence-electron chi connectivity index (χ0n) is 22.5. The Balaban J connectivity index is 1.91. The van der Waals surface area contributed by atoms with Crippen molar-refractivity contribution < 1.29 is 25.5 Å². The first kappa shape index (κ1) is 28.9. The quantitative estimate of drug-likeness (QED) is 0.250. The third kappa shape index (κ3) is 7.20. The van der Waals surface area contributed by atoms with E-state index in [9.17, 15) is 25.5 Å². The van der Waals surface area contributed by atoms with Crippen molar-refractivity contribution in [3.63, 3.8) is 0 Å². The average Bonchev–Trinajstić information content (AvgIpc) is 2.88. The van der Waals surface area contributed by atoms with Crippen LogP contribution in [-0.2, 0) is 25.7 Å². The number of phenols is 1. The number of hydrogen-bond donors (Lipinski definition) is 5. The normalized spacial score (nSPS) is 13.9. The minimum absolute atomic E-state index is 0.101. The number of aromatic hydroxyl groups is 1. The molecule has 0 aliphatic heterocycles. The molecule has 0 aromatic heterocycles. The van der Waals surface area contributed by atoms with Crippen LogP contribution in [0.15, 0.2) is 66.7 Å². The van der Waals surface area contributed by atoms with E-state index in [2.05, 4.69) is 0 Å². The van der Waals surface area contributed by atoms with Gasteiger partial charge in [0, 0.05) is 22.8 Å². The minimum atomic E-state index is -0.705. The van der Waals surface area contributed by atoms with E-state index >= 15 is 0 Å². The van der Waals surface area contributed by atoms with Gasteiger partial charge in [-0.2, -0.15) is 0 Å². The van der Waals surface area contributed by atoms with Crippen LogP contribution in [0.4, 0.5) is 0 Å². The molecule has 0 saturated carbocycles. The second-order valence-electron chi connectivity index (χ2n) is 11.5. The zero-order valence-corrected chi connectivity index (χ0v) is 22.5. The van der Waals surface area contributed by atoms with Crippen molar-refractivity contribution in [2.75, 3.05) is 13.2 Å². The first-order valence-corrected chi connectivity index (χ1v) is 13.0. The van der Waals surface area contributed by atoms with Gasteiger partial charge in [0.05, 0.1) is 25.4 Å². The topological polar surface area (TPSA) is 101 Å². The molecule has 3 rings (SSSR count). The highest BCUT2D eigenvalue weighted by atomic mass is 16.3. The maximum Gasteiger partial charge on any atom is 0.119 e. The van der Waals surface area contributed by atoms with Crippen molar-refractivity contribution >= 4 is 0 Å². The maximum atomic E-state index is 10.9. The van der Waals surface area contributed by atoms with Gasteiger partial charge in [0.2, 0.25) is 0 Å². The van der Waals surface area contributed by atoms with Crippen molar-refractivity contribution in [1.82, 2.24) is 0 Å². The number of rotatable bonds is 12. The van der Waals surface area contributed by atoms with Crippen LogP contribution in [0.1, 0.15) is 61.1 Å². The van der Waals surface area contributed by atoms with Gasteiger partial charge in [0.15, 0.2) is 0 Å². The van der Waals surface area contributed by atoms with E-state index in [1.54, 1.807) is 6.07 Å². The molecule has 0 radical (unpaired) electrons. The molecule has 0 saturated heterocycles. The first-order valence-electron chi connectivity index (χ1n) is 13.0. The van der Waals surface area contributed by atoms with Gasteiger partial charge >= 0.3 is 0 Å². The number of aliphatic hydroxyl groups is 4. The Hall–Kier alpha value is -2.70. The third-order valence-electron chi connectivity index (χ3n) is 7.68. The Morgan fingerprint density at radius 2 is 0.973 bits per heavy atom. The van der Waals surface area contributed by atoms with Crippen LogP contribution in [0.2, 0.25) is 0 Å². The smallest absolute Gasteiger partial charge is 0.119 e. The zero-order chi connectivity index (χ0) is 27.2. The molecule has 2 atom stereocenters. The van der Waals surface area contributed by atoms with Gasteiger partial charge in [-0.25, -0.2) is 0 Å². The summed E-state index contributed by atoms with van der Waals surface area (Å²) in [4.78, 5) is 0. The summed E-state index contributed by atoms with van der Waals surface area (Å²) in [6, 6.07) is 21.5. The minimum Gasteiger partial charge on any atom is -0.508 e. The number of phenolic OH excluding ortho intramolecular Hbond substituents is 1.